The fourth-order valence-corrected chi connectivity index (χ4v) is 3.40. The van der Waals surface area contributed by atoms with Gasteiger partial charge in [-0.1, -0.05) is 5.16 Å². The smallest absolute Gasteiger partial charge is 0.321 e. The minimum Gasteiger partial charge on any atom is -0.409 e. The molecule has 1 fully saturated rings. The number of aromatic nitrogens is 1. The minimum absolute atomic E-state index is 0.221. The third-order valence-corrected chi connectivity index (χ3v) is 5.19. The van der Waals surface area contributed by atoms with Crippen molar-refractivity contribution in [3.63, 3.8) is 0 Å². The number of likely N-dealkylation sites (tertiary alicyclic amines) is 1. The van der Waals surface area contributed by atoms with E-state index < -0.39 is 5.82 Å². The molecule has 0 saturated carbocycles. The number of amidine groups is 1. The van der Waals surface area contributed by atoms with Gasteiger partial charge in [0, 0.05) is 30.9 Å². The normalized spacial score (nSPS) is 15.1. The maximum absolute atomic E-state index is 13.3. The highest BCUT2D eigenvalue weighted by Crippen LogP contribution is 2.23. The highest BCUT2D eigenvalue weighted by atomic mass is 79.9. The van der Waals surface area contributed by atoms with Crippen LogP contribution in [0.15, 0.2) is 52.4 Å². The first-order chi connectivity index (χ1) is 14.0. The lowest BCUT2D eigenvalue weighted by Crippen LogP contribution is -2.44. The summed E-state index contributed by atoms with van der Waals surface area (Å²) in [6, 6.07) is 7.32. The third kappa shape index (κ3) is 5.29. The molecule has 3 N–H and O–H groups in total. The number of halogens is 2. The Morgan fingerprint density at radius 2 is 1.97 bits per heavy atom. The molecule has 1 aliphatic heterocycles. The molecule has 2 amide bonds. The molecule has 2 aromatic rings. The van der Waals surface area contributed by atoms with Crippen LogP contribution in [-0.2, 0) is 4.79 Å². The van der Waals surface area contributed by atoms with Gasteiger partial charge in [0.05, 0.1) is 16.4 Å². The van der Waals surface area contributed by atoms with Crippen molar-refractivity contribution < 1.29 is 19.2 Å². The number of Topliss-reactive ketones (excluding diaryl/α,β-unsaturated/α-hetero) is 1. The molecule has 10 heteroatoms. The number of ketones is 1. The first-order valence-electron chi connectivity index (χ1n) is 8.92. The van der Waals surface area contributed by atoms with E-state index in [2.05, 4.69) is 36.7 Å². The monoisotopic (exact) mass is 463 g/mol. The van der Waals surface area contributed by atoms with Crippen molar-refractivity contribution >= 4 is 45.0 Å². The van der Waals surface area contributed by atoms with Gasteiger partial charge < -0.3 is 20.7 Å². The summed E-state index contributed by atoms with van der Waals surface area (Å²) in [6.45, 7) is 0.784. The maximum Gasteiger partial charge on any atom is 0.321 e. The number of benzene rings is 1. The van der Waals surface area contributed by atoms with Crippen molar-refractivity contribution in [1.29, 1.82) is 0 Å². The molecule has 0 radical (unpaired) electrons. The lowest BCUT2D eigenvalue weighted by atomic mass is 9.92. The molecule has 2 heterocycles. The zero-order chi connectivity index (χ0) is 20.8. The summed E-state index contributed by atoms with van der Waals surface area (Å²) in [7, 11) is 0. The largest absolute Gasteiger partial charge is 0.409 e. The second-order valence-electron chi connectivity index (χ2n) is 6.50. The molecular formula is C19H19BrFN5O3. The molecule has 1 aromatic carbocycles. The first kappa shape index (κ1) is 20.7. The van der Waals surface area contributed by atoms with E-state index in [0.717, 1.165) is 0 Å². The number of carbonyl (C=O) groups is 2. The van der Waals surface area contributed by atoms with Gasteiger partial charge in [0.15, 0.2) is 0 Å². The van der Waals surface area contributed by atoms with Crippen LogP contribution in [0.3, 0.4) is 0 Å². The molecule has 1 saturated heterocycles. The second kappa shape index (κ2) is 9.46. The first-order valence-corrected chi connectivity index (χ1v) is 9.71. The van der Waals surface area contributed by atoms with Crippen molar-refractivity contribution in [2.24, 2.45) is 11.1 Å². The van der Waals surface area contributed by atoms with Crippen molar-refractivity contribution in [1.82, 2.24) is 9.88 Å². The lowest BCUT2D eigenvalue weighted by molar-refractivity contribution is -0.117. The number of nitrogens with zero attached hydrogens (tertiary/aromatic N) is 3. The van der Waals surface area contributed by atoms with Crippen LogP contribution in [0, 0.1) is 11.7 Å². The van der Waals surface area contributed by atoms with Crippen molar-refractivity contribution in [2.75, 3.05) is 23.7 Å². The molecule has 152 valence electrons. The van der Waals surface area contributed by atoms with E-state index >= 15 is 0 Å². The SMILES string of the molecule is O=C(/C(=N/O)Nc1ccc(F)c(Br)c1)C1CCN(C(=O)Nc2cccnc2)CC1. The number of anilines is 2. The maximum atomic E-state index is 13.3. The number of hydrogen-bond acceptors (Lipinski definition) is 5. The number of hydrogen-bond donors (Lipinski definition) is 3. The average molecular weight is 464 g/mol. The van der Waals surface area contributed by atoms with Crippen molar-refractivity contribution in [3.05, 3.63) is 53.0 Å². The summed E-state index contributed by atoms with van der Waals surface area (Å²) in [5.74, 6) is -1.41. The number of rotatable bonds is 4. The van der Waals surface area contributed by atoms with Crippen LogP contribution in [0.4, 0.5) is 20.6 Å². The Morgan fingerprint density at radius 1 is 1.21 bits per heavy atom. The van der Waals surface area contributed by atoms with Gasteiger partial charge in [-0.05, 0) is 59.1 Å². The number of piperidine rings is 1. The van der Waals surface area contributed by atoms with Gasteiger partial charge in [-0.3, -0.25) is 9.78 Å². The highest BCUT2D eigenvalue weighted by molar-refractivity contribution is 9.10. The summed E-state index contributed by atoms with van der Waals surface area (Å²) in [4.78, 5) is 30.6. The molecule has 0 aliphatic carbocycles. The Bertz CT molecular complexity index is 917. The summed E-state index contributed by atoms with van der Waals surface area (Å²) in [6.07, 6.45) is 4.05. The average Bonchev–Trinajstić information content (AvgIpc) is 2.75. The molecule has 0 unspecified atom stereocenters. The molecule has 1 aliphatic rings. The number of pyridine rings is 1. The summed E-state index contributed by atoms with van der Waals surface area (Å²) in [5.41, 5.74) is 1.01. The third-order valence-electron chi connectivity index (χ3n) is 4.58. The summed E-state index contributed by atoms with van der Waals surface area (Å²) >= 11 is 3.07. The van der Waals surface area contributed by atoms with E-state index in [1.54, 1.807) is 29.4 Å². The van der Waals surface area contributed by atoms with Gasteiger partial charge in [0.1, 0.15) is 5.82 Å². The van der Waals surface area contributed by atoms with Crippen molar-refractivity contribution in [2.45, 2.75) is 12.8 Å². The summed E-state index contributed by atoms with van der Waals surface area (Å²) < 4.78 is 13.6. The van der Waals surface area contributed by atoms with E-state index in [-0.39, 0.29) is 28.0 Å². The van der Waals surface area contributed by atoms with Crippen molar-refractivity contribution in [3.8, 4) is 0 Å². The minimum atomic E-state index is -0.443. The van der Waals surface area contributed by atoms with Crippen LogP contribution in [0.25, 0.3) is 0 Å². The Kier molecular flexibility index (Phi) is 6.76. The van der Waals surface area contributed by atoms with Gasteiger partial charge >= 0.3 is 6.03 Å². The van der Waals surface area contributed by atoms with Gasteiger partial charge in [-0.25, -0.2) is 9.18 Å². The molecule has 8 nitrogen and oxygen atoms in total. The second-order valence-corrected chi connectivity index (χ2v) is 7.35. The number of oxime groups is 1. The number of urea groups is 1. The quantitative estimate of drug-likeness (QED) is 0.277. The molecule has 1 aromatic heterocycles. The van der Waals surface area contributed by atoms with Gasteiger partial charge in [0.25, 0.3) is 0 Å². The zero-order valence-corrected chi connectivity index (χ0v) is 16.9. The van der Waals surface area contributed by atoms with Crippen LogP contribution < -0.4 is 10.6 Å². The molecule has 0 atom stereocenters. The molecular weight excluding hydrogens is 445 g/mol. The fourth-order valence-electron chi connectivity index (χ4n) is 3.02. The van der Waals surface area contributed by atoms with Crippen LogP contribution >= 0.6 is 15.9 Å². The van der Waals surface area contributed by atoms with E-state index in [1.165, 1.54) is 18.2 Å². The highest BCUT2D eigenvalue weighted by Gasteiger charge is 2.30. The van der Waals surface area contributed by atoms with Crippen LogP contribution in [0.2, 0.25) is 0 Å². The fraction of sp³-hybridized carbons (Fsp3) is 0.263. The van der Waals surface area contributed by atoms with Crippen LogP contribution in [0.5, 0.6) is 0 Å². The topological polar surface area (TPSA) is 107 Å². The molecule has 3 rings (SSSR count). The Hall–Kier alpha value is -3.01. The number of nitrogens with one attached hydrogen (secondary N) is 2. The Balaban J connectivity index is 1.55. The standard InChI is InChI=1S/C19H19BrFN5O3/c20-15-10-13(3-4-16(15)21)23-18(25-29)17(27)12-5-8-26(9-6-12)19(28)24-14-2-1-7-22-11-14/h1-4,7,10-12,29H,5-6,8-9H2,(H,23,25)(H,24,28). The predicted molar refractivity (Wildman–Crippen MR) is 110 cm³/mol. The van der Waals surface area contributed by atoms with Crippen LogP contribution in [0.1, 0.15) is 12.8 Å². The summed E-state index contributed by atoms with van der Waals surface area (Å²) in [5, 5.41) is 17.8. The molecule has 0 bridgehead atoms. The molecule has 29 heavy (non-hydrogen) atoms. The van der Waals surface area contributed by atoms with Crippen LogP contribution in [-0.4, -0.2) is 45.8 Å². The number of amides is 2. The van der Waals surface area contributed by atoms with E-state index in [4.69, 9.17) is 0 Å². The number of carbonyl (C=O) groups excluding carboxylic acids is 2. The van der Waals surface area contributed by atoms with Gasteiger partial charge in [-0.2, -0.15) is 0 Å². The van der Waals surface area contributed by atoms with E-state index in [0.29, 0.717) is 37.3 Å². The van der Waals surface area contributed by atoms with E-state index in [1.807, 2.05) is 0 Å². The Morgan fingerprint density at radius 3 is 2.59 bits per heavy atom. The predicted octanol–water partition coefficient (Wildman–Crippen LogP) is 3.70. The zero-order valence-electron chi connectivity index (χ0n) is 15.3. The lowest BCUT2D eigenvalue weighted by Gasteiger charge is -2.31. The Labute approximate surface area is 174 Å². The van der Waals surface area contributed by atoms with E-state index in [9.17, 15) is 19.2 Å². The molecule has 0 spiro atoms. The van der Waals surface area contributed by atoms with Gasteiger partial charge in [0.2, 0.25) is 11.6 Å². The van der Waals surface area contributed by atoms with Gasteiger partial charge in [-0.15, -0.1) is 0 Å².